The van der Waals surface area contributed by atoms with Crippen molar-refractivity contribution in [2.24, 2.45) is 5.92 Å². The minimum Gasteiger partial charge on any atom is -0.478 e. The quantitative estimate of drug-likeness (QED) is 0.839. The van der Waals surface area contributed by atoms with Crippen molar-refractivity contribution in [2.45, 2.75) is 32.7 Å². The van der Waals surface area contributed by atoms with Gasteiger partial charge in [0.2, 0.25) is 0 Å². The molecule has 0 spiro atoms. The highest BCUT2D eigenvalue weighted by Gasteiger charge is 2.17. The van der Waals surface area contributed by atoms with E-state index >= 15 is 0 Å². The molecule has 1 N–H and O–H groups in total. The predicted molar refractivity (Wildman–Crippen MR) is 79.3 cm³/mol. The summed E-state index contributed by atoms with van der Waals surface area (Å²) < 4.78 is 0. The van der Waals surface area contributed by atoms with Crippen LogP contribution in [0.5, 0.6) is 0 Å². The second kappa shape index (κ2) is 6.87. The van der Waals surface area contributed by atoms with E-state index < -0.39 is 5.97 Å². The van der Waals surface area contributed by atoms with Crippen molar-refractivity contribution < 1.29 is 9.90 Å². The molecule has 4 heteroatoms. The molecule has 3 nitrogen and oxygen atoms in total. The van der Waals surface area contributed by atoms with Gasteiger partial charge in [0, 0.05) is 17.5 Å². The molecule has 1 aromatic rings. The van der Waals surface area contributed by atoms with Gasteiger partial charge in [-0.3, -0.25) is 4.90 Å². The van der Waals surface area contributed by atoms with Crippen molar-refractivity contribution in [2.75, 3.05) is 13.1 Å². The summed E-state index contributed by atoms with van der Waals surface area (Å²) in [6.07, 6.45) is 6.78. The first kappa shape index (κ1) is 14.3. The van der Waals surface area contributed by atoms with E-state index in [0.717, 1.165) is 18.0 Å². The number of carboxylic acid groups (broad SMARTS) is 1. The fourth-order valence-electron chi connectivity index (χ4n) is 2.51. The van der Waals surface area contributed by atoms with Crippen molar-refractivity contribution in [1.29, 1.82) is 0 Å². The average Bonchev–Trinajstić information content (AvgIpc) is 2.85. The Morgan fingerprint density at radius 1 is 1.53 bits per heavy atom. The summed E-state index contributed by atoms with van der Waals surface area (Å²) in [5.74, 6) is 0.0167. The first-order valence-electron chi connectivity index (χ1n) is 6.88. The number of hydrogen-bond donors (Lipinski definition) is 1. The second-order valence-corrected chi connectivity index (χ2v) is 6.14. The van der Waals surface area contributed by atoms with Gasteiger partial charge in [0.25, 0.3) is 0 Å². The lowest BCUT2D eigenvalue weighted by atomic mass is 9.94. The molecular weight excluding hydrogens is 258 g/mol. The van der Waals surface area contributed by atoms with Crippen molar-refractivity contribution in [3.8, 4) is 0 Å². The Hall–Kier alpha value is -1.13. The van der Waals surface area contributed by atoms with E-state index in [1.807, 2.05) is 5.38 Å². The van der Waals surface area contributed by atoms with Crippen LogP contribution < -0.4 is 0 Å². The fourth-order valence-corrected chi connectivity index (χ4v) is 3.40. The monoisotopic (exact) mass is 279 g/mol. The number of carbonyl (C=O) groups is 1. The number of hydrogen-bond acceptors (Lipinski definition) is 3. The Labute approximate surface area is 118 Å². The normalized spacial score (nSPS) is 18.2. The van der Waals surface area contributed by atoms with Crippen LogP contribution in [0.4, 0.5) is 0 Å². The highest BCUT2D eigenvalue weighted by molar-refractivity contribution is 7.10. The number of nitrogens with zero attached hydrogens (tertiary/aromatic N) is 1. The molecule has 0 atom stereocenters. The molecule has 1 aliphatic heterocycles. The zero-order valence-electron chi connectivity index (χ0n) is 11.3. The van der Waals surface area contributed by atoms with Crippen LogP contribution in [0.3, 0.4) is 0 Å². The van der Waals surface area contributed by atoms with Crippen molar-refractivity contribution >= 4 is 23.4 Å². The molecule has 0 radical (unpaired) electrons. The Balaban J connectivity index is 1.85. The van der Waals surface area contributed by atoms with Crippen LogP contribution in [-0.2, 0) is 11.3 Å². The first-order chi connectivity index (χ1) is 9.17. The van der Waals surface area contributed by atoms with Crippen LogP contribution in [0.1, 0.15) is 36.6 Å². The Morgan fingerprint density at radius 3 is 2.89 bits per heavy atom. The zero-order valence-corrected chi connectivity index (χ0v) is 12.2. The van der Waals surface area contributed by atoms with Gasteiger partial charge in [-0.05, 0) is 54.9 Å². The molecular formula is C15H21NO2S. The molecule has 0 unspecified atom stereocenters. The molecule has 1 fully saturated rings. The molecule has 0 aromatic carbocycles. The van der Waals surface area contributed by atoms with E-state index in [0.29, 0.717) is 0 Å². The molecule has 2 heterocycles. The maximum absolute atomic E-state index is 10.5. The number of rotatable bonds is 5. The SMILES string of the molecule is CCC1CCN(Cc2cc(C=CC(=O)O)cs2)CC1. The standard InChI is InChI=1S/C15H21NO2S/c1-2-12-5-7-16(8-6-12)10-14-9-13(11-19-14)3-4-15(17)18/h3-4,9,11-12H,2,5-8,10H2,1H3,(H,17,18). The molecule has 0 bridgehead atoms. The Morgan fingerprint density at radius 2 is 2.26 bits per heavy atom. The number of carboxylic acids is 1. The predicted octanol–water partition coefficient (Wildman–Crippen LogP) is 3.47. The van der Waals surface area contributed by atoms with Gasteiger partial charge in [-0.2, -0.15) is 0 Å². The summed E-state index contributed by atoms with van der Waals surface area (Å²) >= 11 is 1.72. The van der Waals surface area contributed by atoms with Crippen molar-refractivity contribution in [3.63, 3.8) is 0 Å². The number of thiophene rings is 1. The molecule has 2 rings (SSSR count). The van der Waals surface area contributed by atoms with Gasteiger partial charge in [-0.15, -0.1) is 11.3 Å². The molecule has 0 saturated carbocycles. The molecule has 104 valence electrons. The zero-order chi connectivity index (χ0) is 13.7. The summed E-state index contributed by atoms with van der Waals surface area (Å²) in [5, 5.41) is 10.6. The first-order valence-corrected chi connectivity index (χ1v) is 7.76. The highest BCUT2D eigenvalue weighted by atomic mass is 32.1. The maximum Gasteiger partial charge on any atom is 0.328 e. The summed E-state index contributed by atoms with van der Waals surface area (Å²) in [7, 11) is 0. The number of aliphatic carboxylic acids is 1. The van der Waals surface area contributed by atoms with Crippen LogP contribution in [-0.4, -0.2) is 29.1 Å². The molecule has 0 amide bonds. The number of likely N-dealkylation sites (tertiary alicyclic amines) is 1. The van der Waals surface area contributed by atoms with Crippen LogP contribution in [0.15, 0.2) is 17.5 Å². The second-order valence-electron chi connectivity index (χ2n) is 5.15. The third kappa shape index (κ3) is 4.48. The lowest BCUT2D eigenvalue weighted by Crippen LogP contribution is -2.32. The van der Waals surface area contributed by atoms with E-state index in [4.69, 9.17) is 5.11 Å². The van der Waals surface area contributed by atoms with E-state index in [1.165, 1.54) is 43.3 Å². The fraction of sp³-hybridized carbons (Fsp3) is 0.533. The lowest BCUT2D eigenvalue weighted by Gasteiger charge is -2.31. The van der Waals surface area contributed by atoms with Crippen LogP contribution in [0, 0.1) is 5.92 Å². The van der Waals surface area contributed by atoms with E-state index in [1.54, 1.807) is 17.4 Å². The summed E-state index contributed by atoms with van der Waals surface area (Å²) in [5.41, 5.74) is 0.992. The van der Waals surface area contributed by atoms with Crippen molar-refractivity contribution in [3.05, 3.63) is 28.0 Å². The average molecular weight is 279 g/mol. The number of piperidine rings is 1. The van der Waals surface area contributed by atoms with Gasteiger partial charge >= 0.3 is 5.97 Å². The lowest BCUT2D eigenvalue weighted by molar-refractivity contribution is -0.131. The van der Waals surface area contributed by atoms with Gasteiger partial charge in [0.15, 0.2) is 0 Å². The van der Waals surface area contributed by atoms with Crippen LogP contribution >= 0.6 is 11.3 Å². The summed E-state index contributed by atoms with van der Waals surface area (Å²) in [6, 6.07) is 2.09. The van der Waals surface area contributed by atoms with E-state index in [-0.39, 0.29) is 0 Å². The molecule has 1 aliphatic rings. The molecule has 1 saturated heterocycles. The summed E-state index contributed by atoms with van der Waals surface area (Å²) in [6.45, 7) is 5.66. The van der Waals surface area contributed by atoms with E-state index in [2.05, 4.69) is 17.9 Å². The van der Waals surface area contributed by atoms with Gasteiger partial charge in [-0.25, -0.2) is 4.79 Å². The van der Waals surface area contributed by atoms with Gasteiger partial charge in [-0.1, -0.05) is 13.3 Å². The van der Waals surface area contributed by atoms with Gasteiger partial charge in [0.1, 0.15) is 0 Å². The third-order valence-electron chi connectivity index (χ3n) is 3.76. The van der Waals surface area contributed by atoms with Crippen LogP contribution in [0.25, 0.3) is 6.08 Å². The molecule has 0 aliphatic carbocycles. The van der Waals surface area contributed by atoms with Gasteiger partial charge < -0.3 is 5.11 Å². The highest BCUT2D eigenvalue weighted by Crippen LogP contribution is 2.23. The van der Waals surface area contributed by atoms with Crippen molar-refractivity contribution in [1.82, 2.24) is 4.90 Å². The van der Waals surface area contributed by atoms with E-state index in [9.17, 15) is 4.79 Å². The largest absolute Gasteiger partial charge is 0.478 e. The summed E-state index contributed by atoms with van der Waals surface area (Å²) in [4.78, 5) is 14.3. The molecule has 1 aromatic heterocycles. The Bertz CT molecular complexity index is 445. The van der Waals surface area contributed by atoms with Gasteiger partial charge in [0.05, 0.1) is 0 Å². The smallest absolute Gasteiger partial charge is 0.328 e. The molecule has 19 heavy (non-hydrogen) atoms. The topological polar surface area (TPSA) is 40.5 Å². The maximum atomic E-state index is 10.5. The Kier molecular flexibility index (Phi) is 5.16. The minimum absolute atomic E-state index is 0.894. The minimum atomic E-state index is -0.894. The van der Waals surface area contributed by atoms with Crippen LogP contribution in [0.2, 0.25) is 0 Å². The third-order valence-corrected chi connectivity index (χ3v) is 4.70.